The lowest BCUT2D eigenvalue weighted by Crippen LogP contribution is -2.32. The molecule has 1 amide bonds. The third-order valence-corrected chi connectivity index (χ3v) is 5.57. The number of carbonyl (C=O) groups excluding carboxylic acids is 1. The van der Waals surface area contributed by atoms with E-state index in [9.17, 15) is 9.90 Å². The normalized spacial score (nSPS) is 12.4. The molecule has 0 aliphatic rings. The molecule has 0 radical (unpaired) electrons. The van der Waals surface area contributed by atoms with Crippen molar-refractivity contribution in [3.05, 3.63) is 45.8 Å². The van der Waals surface area contributed by atoms with Crippen molar-refractivity contribution in [3.8, 4) is 5.75 Å². The highest BCUT2D eigenvalue weighted by atomic mass is 32.1. The smallest absolute Gasteiger partial charge is 0.239 e. The molecule has 0 aliphatic carbocycles. The Bertz CT molecular complexity index is 709. The molecule has 1 heterocycles. The van der Waals surface area contributed by atoms with E-state index < -0.39 is 0 Å². The highest BCUT2D eigenvalue weighted by molar-refractivity contribution is 7.16. The van der Waals surface area contributed by atoms with Gasteiger partial charge in [-0.15, -0.1) is 11.3 Å². The Morgan fingerprint density at radius 3 is 2.57 bits per heavy atom. The van der Waals surface area contributed by atoms with Crippen LogP contribution in [0.15, 0.2) is 24.3 Å². The summed E-state index contributed by atoms with van der Waals surface area (Å²) in [5.41, 5.74) is 3.37. The molecule has 1 aromatic heterocycles. The van der Waals surface area contributed by atoms with Crippen molar-refractivity contribution >= 4 is 22.2 Å². The first-order chi connectivity index (χ1) is 10.8. The topological polar surface area (TPSA) is 52.6 Å². The van der Waals surface area contributed by atoms with Crippen LogP contribution in [-0.2, 0) is 4.79 Å². The van der Waals surface area contributed by atoms with Crippen molar-refractivity contribution in [1.29, 1.82) is 0 Å². The van der Waals surface area contributed by atoms with Crippen molar-refractivity contribution in [2.45, 2.75) is 33.7 Å². The predicted molar refractivity (Wildman–Crippen MR) is 96.3 cm³/mol. The van der Waals surface area contributed by atoms with Gasteiger partial charge in [0.2, 0.25) is 5.91 Å². The fourth-order valence-electron chi connectivity index (χ4n) is 2.43. The first kappa shape index (κ1) is 17.5. The summed E-state index contributed by atoms with van der Waals surface area (Å²) < 4.78 is 0. The first-order valence-electron chi connectivity index (χ1n) is 7.65. The van der Waals surface area contributed by atoms with Crippen LogP contribution in [0.4, 0.5) is 5.00 Å². The van der Waals surface area contributed by atoms with Gasteiger partial charge in [-0.3, -0.25) is 9.69 Å². The molecule has 2 aromatic rings. The molecule has 0 saturated heterocycles. The molecule has 0 bridgehead atoms. The van der Waals surface area contributed by atoms with Crippen LogP contribution in [0.25, 0.3) is 0 Å². The average Bonchev–Trinajstić information content (AvgIpc) is 2.73. The number of phenols is 1. The number of benzene rings is 1. The monoisotopic (exact) mass is 332 g/mol. The molecule has 4 nitrogen and oxygen atoms in total. The number of phenolic OH excluding ortho intramolecular Hbond substituents is 1. The summed E-state index contributed by atoms with van der Waals surface area (Å²) in [6.45, 7) is 8.50. The van der Waals surface area contributed by atoms with Crippen LogP contribution in [0.1, 0.15) is 34.5 Å². The summed E-state index contributed by atoms with van der Waals surface area (Å²) in [4.78, 5) is 15.5. The highest BCUT2D eigenvalue weighted by Gasteiger charge is 2.17. The molecule has 5 heteroatoms. The molecule has 2 N–H and O–H groups in total. The summed E-state index contributed by atoms with van der Waals surface area (Å²) in [6, 6.07) is 7.19. The molecule has 0 fully saturated rings. The zero-order valence-electron chi connectivity index (χ0n) is 14.3. The number of carbonyl (C=O) groups is 1. The van der Waals surface area contributed by atoms with Gasteiger partial charge in [0, 0.05) is 10.9 Å². The van der Waals surface area contributed by atoms with Gasteiger partial charge in [-0.05, 0) is 63.6 Å². The Balaban J connectivity index is 2.00. The van der Waals surface area contributed by atoms with Gasteiger partial charge in [0.05, 0.1) is 11.5 Å². The molecule has 124 valence electrons. The van der Waals surface area contributed by atoms with Gasteiger partial charge in [0.25, 0.3) is 0 Å². The lowest BCUT2D eigenvalue weighted by molar-refractivity contribution is -0.117. The number of likely N-dealkylation sites (N-methyl/N-ethyl adjacent to an activating group) is 1. The number of aryl methyl sites for hydroxylation is 1. The van der Waals surface area contributed by atoms with Crippen molar-refractivity contribution in [2.75, 3.05) is 18.9 Å². The van der Waals surface area contributed by atoms with E-state index in [1.54, 1.807) is 23.5 Å². The Labute approximate surface area is 141 Å². The van der Waals surface area contributed by atoms with E-state index in [-0.39, 0.29) is 17.7 Å². The summed E-state index contributed by atoms with van der Waals surface area (Å²) in [7, 11) is 1.91. The van der Waals surface area contributed by atoms with Crippen LogP contribution in [0.3, 0.4) is 0 Å². The van der Waals surface area contributed by atoms with E-state index in [2.05, 4.69) is 19.2 Å². The van der Waals surface area contributed by atoms with E-state index in [1.807, 2.05) is 37.9 Å². The van der Waals surface area contributed by atoms with Crippen LogP contribution in [0.5, 0.6) is 5.75 Å². The molecule has 1 atom stereocenters. The largest absolute Gasteiger partial charge is 0.508 e. The number of hydrogen-bond donors (Lipinski definition) is 2. The quantitative estimate of drug-likeness (QED) is 0.870. The summed E-state index contributed by atoms with van der Waals surface area (Å²) in [5, 5.41) is 13.5. The molecular formula is C18H24N2O2S. The third-order valence-electron chi connectivity index (χ3n) is 4.35. The van der Waals surface area contributed by atoms with Gasteiger partial charge < -0.3 is 10.4 Å². The number of hydrogen-bond acceptors (Lipinski definition) is 4. The van der Waals surface area contributed by atoms with Crippen LogP contribution in [0.2, 0.25) is 0 Å². The fraction of sp³-hybridized carbons (Fsp3) is 0.389. The standard InChI is InChI=1S/C18H24N2O2S/c1-11-12(2)18(23-14(11)4)19-17(22)10-20(5)13(3)15-7-6-8-16(21)9-15/h6-9,13,21H,10H2,1-5H3,(H,19,22). The van der Waals surface area contributed by atoms with Crippen molar-refractivity contribution < 1.29 is 9.90 Å². The number of rotatable bonds is 5. The van der Waals surface area contributed by atoms with Gasteiger partial charge in [-0.25, -0.2) is 0 Å². The Morgan fingerprint density at radius 1 is 1.30 bits per heavy atom. The molecule has 1 aromatic carbocycles. The number of amides is 1. The second-order valence-corrected chi connectivity index (χ2v) is 7.20. The second-order valence-electron chi connectivity index (χ2n) is 5.97. The fourth-order valence-corrected chi connectivity index (χ4v) is 3.51. The summed E-state index contributed by atoms with van der Waals surface area (Å²) >= 11 is 1.62. The number of nitrogens with zero attached hydrogens (tertiary/aromatic N) is 1. The van der Waals surface area contributed by atoms with Gasteiger partial charge >= 0.3 is 0 Å². The second kappa shape index (κ2) is 7.15. The molecule has 0 aliphatic heterocycles. The van der Waals surface area contributed by atoms with Gasteiger partial charge in [-0.2, -0.15) is 0 Å². The van der Waals surface area contributed by atoms with E-state index in [4.69, 9.17) is 0 Å². The van der Waals surface area contributed by atoms with Crippen molar-refractivity contribution in [2.24, 2.45) is 0 Å². The lowest BCUT2D eigenvalue weighted by atomic mass is 10.1. The highest BCUT2D eigenvalue weighted by Crippen LogP contribution is 2.31. The van der Waals surface area contributed by atoms with Crippen LogP contribution in [0, 0.1) is 20.8 Å². The van der Waals surface area contributed by atoms with E-state index in [1.165, 1.54) is 10.4 Å². The Hall–Kier alpha value is -1.85. The average molecular weight is 332 g/mol. The number of thiophene rings is 1. The zero-order chi connectivity index (χ0) is 17.1. The minimum atomic E-state index is -0.0242. The maximum Gasteiger partial charge on any atom is 0.239 e. The van der Waals surface area contributed by atoms with E-state index in [0.29, 0.717) is 6.54 Å². The molecule has 23 heavy (non-hydrogen) atoms. The zero-order valence-corrected chi connectivity index (χ0v) is 15.1. The minimum absolute atomic E-state index is 0.0242. The lowest BCUT2D eigenvalue weighted by Gasteiger charge is -2.24. The number of aromatic hydroxyl groups is 1. The third kappa shape index (κ3) is 4.12. The van der Waals surface area contributed by atoms with Gasteiger partial charge in [0.15, 0.2) is 0 Å². The molecule has 0 saturated carbocycles. The maximum atomic E-state index is 12.3. The molecule has 0 spiro atoms. The summed E-state index contributed by atoms with van der Waals surface area (Å²) in [5.74, 6) is 0.219. The minimum Gasteiger partial charge on any atom is -0.508 e. The van der Waals surface area contributed by atoms with Gasteiger partial charge in [-0.1, -0.05) is 12.1 Å². The number of anilines is 1. The van der Waals surface area contributed by atoms with Crippen LogP contribution < -0.4 is 5.32 Å². The Morgan fingerprint density at radius 2 is 2.00 bits per heavy atom. The number of nitrogens with one attached hydrogen (secondary N) is 1. The molecule has 1 unspecified atom stereocenters. The van der Waals surface area contributed by atoms with Crippen LogP contribution >= 0.6 is 11.3 Å². The van der Waals surface area contributed by atoms with E-state index >= 15 is 0 Å². The van der Waals surface area contributed by atoms with Crippen molar-refractivity contribution in [1.82, 2.24) is 4.90 Å². The summed E-state index contributed by atoms with van der Waals surface area (Å²) in [6.07, 6.45) is 0. The first-order valence-corrected chi connectivity index (χ1v) is 8.47. The Kier molecular flexibility index (Phi) is 5.44. The SMILES string of the molecule is Cc1sc(NC(=O)CN(C)C(C)c2cccc(O)c2)c(C)c1C. The maximum absolute atomic E-state index is 12.3. The predicted octanol–water partition coefficient (Wildman–Crippen LogP) is 4.01. The van der Waals surface area contributed by atoms with Gasteiger partial charge in [0.1, 0.15) is 5.75 Å². The van der Waals surface area contributed by atoms with E-state index in [0.717, 1.165) is 16.1 Å². The molecular weight excluding hydrogens is 308 g/mol. The van der Waals surface area contributed by atoms with Crippen molar-refractivity contribution in [3.63, 3.8) is 0 Å². The molecule has 2 rings (SSSR count). The van der Waals surface area contributed by atoms with Crippen LogP contribution in [-0.4, -0.2) is 29.5 Å².